The first-order valence-electron chi connectivity index (χ1n) is 16.5. The summed E-state index contributed by atoms with van der Waals surface area (Å²) < 4.78 is 8.69. The van der Waals surface area contributed by atoms with E-state index in [1.54, 1.807) is 16.9 Å². The molecule has 7 aromatic rings. The molecule has 51 heavy (non-hydrogen) atoms. The van der Waals surface area contributed by atoms with Crippen molar-refractivity contribution >= 4 is 44.4 Å². The van der Waals surface area contributed by atoms with Crippen molar-refractivity contribution in [2.45, 2.75) is 26.0 Å². The summed E-state index contributed by atoms with van der Waals surface area (Å²) in [5, 5.41) is 18.5. The van der Waals surface area contributed by atoms with Gasteiger partial charge in [0.15, 0.2) is 10.8 Å². The zero-order valence-electron chi connectivity index (χ0n) is 27.4. The Morgan fingerprint density at radius 2 is 1.69 bits per heavy atom. The number of para-hydroxylation sites is 2. The van der Waals surface area contributed by atoms with Crippen molar-refractivity contribution in [1.29, 1.82) is 0 Å². The molecule has 0 saturated heterocycles. The second-order valence-corrected chi connectivity index (χ2v) is 13.2. The fraction of sp³-hybridized carbons (Fsp3) is 0.125. The molecule has 1 aliphatic rings. The van der Waals surface area contributed by atoms with Crippen LogP contribution in [-0.2, 0) is 26.0 Å². The van der Waals surface area contributed by atoms with E-state index in [1.165, 1.54) is 11.3 Å². The Kier molecular flexibility index (Phi) is 8.69. The van der Waals surface area contributed by atoms with Crippen LogP contribution in [0.1, 0.15) is 48.8 Å². The quantitative estimate of drug-likeness (QED) is 0.151. The fourth-order valence-electron chi connectivity index (χ4n) is 6.35. The number of carboxylic acid groups (broad SMARTS) is 1. The molecule has 0 unspecified atom stereocenters. The summed E-state index contributed by atoms with van der Waals surface area (Å²) in [6, 6.07) is 36.8. The summed E-state index contributed by atoms with van der Waals surface area (Å²) in [6.07, 6.45) is 2.94. The monoisotopic (exact) mass is 692 g/mol. The van der Waals surface area contributed by atoms with Gasteiger partial charge in [-0.2, -0.15) is 5.10 Å². The number of nitrogens with one attached hydrogen (secondary N) is 1. The number of carboxylic acids is 1. The van der Waals surface area contributed by atoms with Crippen LogP contribution in [0.5, 0.6) is 5.75 Å². The van der Waals surface area contributed by atoms with Crippen LogP contribution < -0.4 is 15.0 Å². The van der Waals surface area contributed by atoms with Crippen molar-refractivity contribution < 1.29 is 19.4 Å². The van der Waals surface area contributed by atoms with Gasteiger partial charge in [-0.15, -0.1) is 0 Å². The smallest absolute Gasteiger partial charge is 0.356 e. The number of ether oxygens (including phenoxy) is 1. The lowest BCUT2D eigenvalue weighted by atomic mass is 9.94. The first kappa shape index (κ1) is 31.9. The lowest BCUT2D eigenvalue weighted by molar-refractivity contribution is 0.0690. The van der Waals surface area contributed by atoms with Crippen LogP contribution in [0.2, 0.25) is 0 Å². The SMILES string of the molecule is O=C(Nc1nc2ccccc2s1)c1cccc2c1CN(c1ccc(-n3ccc(Cc4ccccc4OCc4ccccc4)n3)c(C(=O)O)n1)CC2. The van der Waals surface area contributed by atoms with Crippen molar-refractivity contribution in [2.24, 2.45) is 0 Å². The molecule has 1 aliphatic heterocycles. The topological polar surface area (TPSA) is 122 Å². The minimum absolute atomic E-state index is 0.110. The average molecular weight is 693 g/mol. The second-order valence-electron chi connectivity index (χ2n) is 12.2. The van der Waals surface area contributed by atoms with Gasteiger partial charge < -0.3 is 14.7 Å². The minimum atomic E-state index is -1.16. The van der Waals surface area contributed by atoms with Gasteiger partial charge in [-0.3, -0.25) is 10.1 Å². The Morgan fingerprint density at radius 1 is 0.863 bits per heavy atom. The summed E-state index contributed by atoms with van der Waals surface area (Å²) in [5.74, 6) is -0.104. The number of nitrogens with zero attached hydrogens (tertiary/aromatic N) is 5. The van der Waals surface area contributed by atoms with Crippen LogP contribution in [0, 0.1) is 0 Å². The average Bonchev–Trinajstić information content (AvgIpc) is 3.81. The third-order valence-electron chi connectivity index (χ3n) is 8.89. The standard InChI is InChI=1S/C40H32N6O4S/c47-38(43-40-41-32-14-5-7-16-35(32)51-40)30-13-8-12-27-19-21-45(24-31(27)30)36-18-17-33(37(42-36)39(48)49)46-22-20-29(44-46)23-28-11-4-6-15-34(28)50-25-26-9-2-1-3-10-26/h1-18,20,22H,19,21,23-25H2,(H,48,49)(H,41,43,47). The van der Waals surface area contributed by atoms with Crippen molar-refractivity contribution in [3.8, 4) is 11.4 Å². The molecule has 2 N–H and O–H groups in total. The maximum atomic E-state index is 13.5. The van der Waals surface area contributed by atoms with Crippen LogP contribution in [0.25, 0.3) is 15.9 Å². The molecule has 11 heteroatoms. The highest BCUT2D eigenvalue weighted by atomic mass is 32.1. The largest absolute Gasteiger partial charge is 0.489 e. The number of pyridine rings is 1. The molecule has 1 amide bonds. The number of aromatic carboxylic acids is 1. The van der Waals surface area contributed by atoms with Crippen LogP contribution in [0.4, 0.5) is 10.9 Å². The van der Waals surface area contributed by atoms with Gasteiger partial charge in [-0.05, 0) is 65.6 Å². The lowest BCUT2D eigenvalue weighted by Crippen LogP contribution is -2.33. The Balaban J connectivity index is 1.00. The van der Waals surface area contributed by atoms with Gasteiger partial charge in [0.1, 0.15) is 18.2 Å². The summed E-state index contributed by atoms with van der Waals surface area (Å²) in [6.45, 7) is 1.48. The number of carbonyl (C=O) groups excluding carboxylic acids is 1. The molecule has 0 radical (unpaired) electrons. The van der Waals surface area contributed by atoms with Gasteiger partial charge in [0.25, 0.3) is 5.91 Å². The number of hydrogen-bond donors (Lipinski definition) is 2. The zero-order valence-corrected chi connectivity index (χ0v) is 28.2. The van der Waals surface area contributed by atoms with Crippen molar-refractivity contribution in [2.75, 3.05) is 16.8 Å². The van der Waals surface area contributed by atoms with Gasteiger partial charge in [0, 0.05) is 36.8 Å². The normalized spacial score (nSPS) is 12.4. The molecule has 0 saturated carbocycles. The summed E-state index contributed by atoms with van der Waals surface area (Å²) in [5.41, 5.74) is 6.42. The highest BCUT2D eigenvalue weighted by Crippen LogP contribution is 2.30. The Morgan fingerprint density at radius 3 is 2.55 bits per heavy atom. The summed E-state index contributed by atoms with van der Waals surface area (Å²) >= 11 is 1.43. The van der Waals surface area contributed by atoms with E-state index in [1.807, 2.05) is 114 Å². The van der Waals surface area contributed by atoms with Crippen LogP contribution in [-0.4, -0.2) is 43.3 Å². The molecule has 8 rings (SSSR count). The molecule has 4 heterocycles. The Hall–Kier alpha value is -6.33. The first-order chi connectivity index (χ1) is 25.0. The molecule has 4 aromatic carbocycles. The minimum Gasteiger partial charge on any atom is -0.489 e. The van der Waals surface area contributed by atoms with E-state index in [4.69, 9.17) is 9.84 Å². The summed E-state index contributed by atoms with van der Waals surface area (Å²) in [4.78, 5) is 37.2. The van der Waals surface area contributed by atoms with E-state index >= 15 is 0 Å². The third kappa shape index (κ3) is 6.79. The molecular formula is C40H32N6O4S. The maximum absolute atomic E-state index is 13.5. The second kappa shape index (κ2) is 13.9. The first-order valence-corrected chi connectivity index (χ1v) is 17.4. The number of anilines is 2. The molecule has 252 valence electrons. The molecule has 3 aromatic heterocycles. The highest BCUT2D eigenvalue weighted by molar-refractivity contribution is 7.22. The summed E-state index contributed by atoms with van der Waals surface area (Å²) in [7, 11) is 0. The number of aromatic nitrogens is 4. The molecule has 0 fully saturated rings. The van der Waals surface area contributed by atoms with Gasteiger partial charge >= 0.3 is 5.97 Å². The maximum Gasteiger partial charge on any atom is 0.356 e. The predicted octanol–water partition coefficient (Wildman–Crippen LogP) is 7.56. The number of hydrogen-bond acceptors (Lipinski definition) is 8. The fourth-order valence-corrected chi connectivity index (χ4v) is 7.21. The number of fused-ring (bicyclic) bond motifs is 2. The van der Waals surface area contributed by atoms with Gasteiger partial charge in [0.2, 0.25) is 0 Å². The van der Waals surface area contributed by atoms with Crippen molar-refractivity contribution in [1.82, 2.24) is 19.7 Å². The van der Waals surface area contributed by atoms with E-state index in [0.717, 1.165) is 43.9 Å². The molecule has 0 aliphatic carbocycles. The van der Waals surface area contributed by atoms with Crippen molar-refractivity contribution in [3.63, 3.8) is 0 Å². The molecular weight excluding hydrogens is 661 g/mol. The number of thiazole rings is 1. The van der Waals surface area contributed by atoms with E-state index < -0.39 is 5.97 Å². The molecule has 10 nitrogen and oxygen atoms in total. The number of rotatable bonds is 10. The number of amides is 1. The lowest BCUT2D eigenvalue weighted by Gasteiger charge is -2.31. The molecule has 0 spiro atoms. The van der Waals surface area contributed by atoms with E-state index in [-0.39, 0.29) is 11.6 Å². The van der Waals surface area contributed by atoms with Gasteiger partial charge in [0.05, 0.1) is 21.6 Å². The van der Waals surface area contributed by atoms with Crippen LogP contribution in [0.3, 0.4) is 0 Å². The molecule has 0 bridgehead atoms. The zero-order chi connectivity index (χ0) is 34.7. The van der Waals surface area contributed by atoms with Gasteiger partial charge in [-0.25, -0.2) is 19.4 Å². The predicted molar refractivity (Wildman–Crippen MR) is 197 cm³/mol. The Bertz CT molecular complexity index is 2360. The number of carbonyl (C=O) groups is 2. The van der Waals surface area contributed by atoms with Gasteiger partial charge in [-0.1, -0.05) is 84.1 Å². The highest BCUT2D eigenvalue weighted by Gasteiger charge is 2.25. The number of benzene rings is 4. The molecule has 0 atom stereocenters. The third-order valence-corrected chi connectivity index (χ3v) is 9.84. The Labute approximate surface area is 297 Å². The van der Waals surface area contributed by atoms with E-state index in [0.29, 0.717) is 54.7 Å². The van der Waals surface area contributed by atoms with E-state index in [2.05, 4.69) is 15.3 Å². The van der Waals surface area contributed by atoms with Crippen LogP contribution in [0.15, 0.2) is 121 Å². The van der Waals surface area contributed by atoms with E-state index in [9.17, 15) is 14.7 Å². The van der Waals surface area contributed by atoms with Crippen molar-refractivity contribution in [3.05, 3.63) is 161 Å². The van der Waals surface area contributed by atoms with Crippen LogP contribution >= 0.6 is 11.3 Å².